The third kappa shape index (κ3) is 4.71. The first-order valence-electron chi connectivity index (χ1n) is 7.46. The molecule has 1 heterocycles. The van der Waals surface area contributed by atoms with Crippen molar-refractivity contribution in [2.75, 3.05) is 13.1 Å². The molecule has 1 saturated heterocycles. The summed E-state index contributed by atoms with van der Waals surface area (Å²) in [6.45, 7) is 1.72. The van der Waals surface area contributed by atoms with E-state index in [9.17, 15) is 13.6 Å². The highest BCUT2D eigenvalue weighted by molar-refractivity contribution is 5.78. The summed E-state index contributed by atoms with van der Waals surface area (Å²) in [4.78, 5) is 11.9. The number of nitrogens with one attached hydrogen (secondary N) is 2. The molecule has 1 atom stereocenters. The maximum Gasteiger partial charge on any atom is 0.248 e. The van der Waals surface area contributed by atoms with Crippen LogP contribution in [0.3, 0.4) is 0 Å². The quantitative estimate of drug-likeness (QED) is 0.827. The minimum Gasteiger partial charge on any atom is -0.356 e. The second-order valence-electron chi connectivity index (χ2n) is 5.86. The molecule has 2 aliphatic rings. The Hall–Kier alpha value is -0.710. The van der Waals surface area contributed by atoms with E-state index in [1.807, 2.05) is 0 Å². The summed E-state index contributed by atoms with van der Waals surface area (Å²) < 4.78 is 26.0. The Labute approximate surface area is 113 Å². The van der Waals surface area contributed by atoms with Gasteiger partial charge in [0.15, 0.2) is 0 Å². The first-order valence-corrected chi connectivity index (χ1v) is 7.46. The molecule has 2 fully saturated rings. The van der Waals surface area contributed by atoms with Gasteiger partial charge in [-0.25, -0.2) is 8.78 Å². The van der Waals surface area contributed by atoms with Gasteiger partial charge in [0, 0.05) is 31.3 Å². The average Bonchev–Trinajstić information content (AvgIpc) is 2.39. The number of amides is 1. The monoisotopic (exact) mass is 274 g/mol. The highest BCUT2D eigenvalue weighted by Crippen LogP contribution is 2.36. The number of piperidine rings is 1. The van der Waals surface area contributed by atoms with Crippen LogP contribution < -0.4 is 10.6 Å². The molecule has 0 aromatic heterocycles. The van der Waals surface area contributed by atoms with Crippen molar-refractivity contribution in [1.82, 2.24) is 10.6 Å². The van der Waals surface area contributed by atoms with Crippen LogP contribution in [0, 0.1) is 5.92 Å². The van der Waals surface area contributed by atoms with E-state index in [1.54, 1.807) is 0 Å². The summed E-state index contributed by atoms with van der Waals surface area (Å²) in [7, 11) is 0. The number of hydrogen-bond acceptors (Lipinski definition) is 2. The molecule has 0 spiro atoms. The Morgan fingerprint density at radius 2 is 1.95 bits per heavy atom. The molecule has 1 amide bonds. The highest BCUT2D eigenvalue weighted by atomic mass is 19.3. The lowest BCUT2D eigenvalue weighted by molar-refractivity contribution is -0.129. The molecule has 110 valence electrons. The minimum atomic E-state index is -2.55. The predicted octanol–water partition coefficient (Wildman–Crippen LogP) is 2.46. The molecular formula is C14H24F2N2O. The molecule has 0 radical (unpaired) electrons. The molecule has 0 aromatic rings. The molecule has 1 aliphatic heterocycles. The second-order valence-corrected chi connectivity index (χ2v) is 5.86. The molecule has 2 rings (SSSR count). The van der Waals surface area contributed by atoms with Crippen LogP contribution in [0.5, 0.6) is 0 Å². The molecule has 19 heavy (non-hydrogen) atoms. The standard InChI is InChI=1S/C14H24F2N2O/c15-14(16)7-4-11(5-8-14)13(19)18-10-6-12-3-1-2-9-17-12/h11-12,17H,1-10H2,(H,18,19). The van der Waals surface area contributed by atoms with E-state index in [0.717, 1.165) is 13.0 Å². The van der Waals surface area contributed by atoms with Crippen molar-refractivity contribution in [3.8, 4) is 0 Å². The summed E-state index contributed by atoms with van der Waals surface area (Å²) in [6.07, 6.45) is 4.95. The summed E-state index contributed by atoms with van der Waals surface area (Å²) >= 11 is 0. The number of carbonyl (C=O) groups excluding carboxylic acids is 1. The van der Waals surface area contributed by atoms with Crippen molar-refractivity contribution in [2.45, 2.75) is 63.3 Å². The van der Waals surface area contributed by atoms with Crippen LogP contribution in [0.2, 0.25) is 0 Å². The Morgan fingerprint density at radius 3 is 2.58 bits per heavy atom. The van der Waals surface area contributed by atoms with Gasteiger partial charge in [-0.2, -0.15) is 0 Å². The van der Waals surface area contributed by atoms with Crippen molar-refractivity contribution >= 4 is 5.91 Å². The van der Waals surface area contributed by atoms with E-state index in [2.05, 4.69) is 10.6 Å². The smallest absolute Gasteiger partial charge is 0.248 e. The number of halogens is 2. The predicted molar refractivity (Wildman–Crippen MR) is 70.2 cm³/mol. The van der Waals surface area contributed by atoms with Gasteiger partial charge in [0.05, 0.1) is 0 Å². The van der Waals surface area contributed by atoms with Gasteiger partial charge in [-0.15, -0.1) is 0 Å². The summed E-state index contributed by atoms with van der Waals surface area (Å²) in [5.41, 5.74) is 0. The fourth-order valence-electron chi connectivity index (χ4n) is 2.99. The number of rotatable bonds is 4. The maximum atomic E-state index is 13.0. The molecular weight excluding hydrogens is 250 g/mol. The Balaban J connectivity index is 1.62. The van der Waals surface area contributed by atoms with Crippen LogP contribution in [0.4, 0.5) is 8.78 Å². The van der Waals surface area contributed by atoms with E-state index in [1.165, 1.54) is 19.3 Å². The normalized spacial score (nSPS) is 28.0. The Bertz CT molecular complexity index is 294. The second kappa shape index (κ2) is 6.64. The lowest BCUT2D eigenvalue weighted by Gasteiger charge is -2.28. The van der Waals surface area contributed by atoms with Gasteiger partial charge in [-0.1, -0.05) is 6.42 Å². The third-order valence-electron chi connectivity index (χ3n) is 4.29. The maximum absolute atomic E-state index is 13.0. The van der Waals surface area contributed by atoms with Crippen LogP contribution in [0.25, 0.3) is 0 Å². The van der Waals surface area contributed by atoms with Crippen LogP contribution in [-0.2, 0) is 4.79 Å². The molecule has 0 aromatic carbocycles. The van der Waals surface area contributed by atoms with E-state index < -0.39 is 5.92 Å². The molecule has 5 heteroatoms. The molecule has 3 nitrogen and oxygen atoms in total. The van der Waals surface area contributed by atoms with E-state index in [4.69, 9.17) is 0 Å². The molecule has 1 saturated carbocycles. The van der Waals surface area contributed by atoms with Gasteiger partial charge in [0.1, 0.15) is 0 Å². The lowest BCUT2D eigenvalue weighted by Crippen LogP contribution is -2.40. The van der Waals surface area contributed by atoms with Crippen LogP contribution in [0.1, 0.15) is 51.4 Å². The zero-order valence-electron chi connectivity index (χ0n) is 11.4. The van der Waals surface area contributed by atoms with Crippen LogP contribution >= 0.6 is 0 Å². The SMILES string of the molecule is O=C(NCCC1CCCCN1)C1CCC(F)(F)CC1. The number of alkyl halides is 2. The summed E-state index contributed by atoms with van der Waals surface area (Å²) in [5, 5.41) is 6.34. The molecule has 2 N–H and O–H groups in total. The number of hydrogen-bond donors (Lipinski definition) is 2. The van der Waals surface area contributed by atoms with E-state index >= 15 is 0 Å². The molecule has 1 aliphatic carbocycles. The van der Waals surface area contributed by atoms with Crippen LogP contribution in [-0.4, -0.2) is 31.0 Å². The van der Waals surface area contributed by atoms with Gasteiger partial charge >= 0.3 is 0 Å². The Kier molecular flexibility index (Phi) is 5.13. The zero-order valence-corrected chi connectivity index (χ0v) is 11.4. The van der Waals surface area contributed by atoms with Gasteiger partial charge in [0.2, 0.25) is 11.8 Å². The van der Waals surface area contributed by atoms with Crippen molar-refractivity contribution in [3.63, 3.8) is 0 Å². The van der Waals surface area contributed by atoms with Crippen molar-refractivity contribution in [3.05, 3.63) is 0 Å². The van der Waals surface area contributed by atoms with E-state index in [0.29, 0.717) is 25.4 Å². The van der Waals surface area contributed by atoms with Gasteiger partial charge in [-0.3, -0.25) is 4.79 Å². The topological polar surface area (TPSA) is 41.1 Å². The average molecular weight is 274 g/mol. The first kappa shape index (κ1) is 14.7. The molecule has 1 unspecified atom stereocenters. The highest BCUT2D eigenvalue weighted by Gasteiger charge is 2.37. The zero-order chi connectivity index (χ0) is 13.7. The summed E-state index contributed by atoms with van der Waals surface area (Å²) in [6, 6.07) is 0.504. The van der Waals surface area contributed by atoms with Crippen molar-refractivity contribution in [1.29, 1.82) is 0 Å². The van der Waals surface area contributed by atoms with Gasteiger partial charge in [-0.05, 0) is 38.6 Å². The first-order chi connectivity index (χ1) is 9.07. The molecule has 0 bridgehead atoms. The lowest BCUT2D eigenvalue weighted by atomic mass is 9.86. The van der Waals surface area contributed by atoms with Crippen molar-refractivity contribution < 1.29 is 13.6 Å². The van der Waals surface area contributed by atoms with Crippen LogP contribution in [0.15, 0.2) is 0 Å². The van der Waals surface area contributed by atoms with Crippen molar-refractivity contribution in [2.24, 2.45) is 5.92 Å². The van der Waals surface area contributed by atoms with Gasteiger partial charge < -0.3 is 10.6 Å². The van der Waals surface area contributed by atoms with E-state index in [-0.39, 0.29) is 24.7 Å². The third-order valence-corrected chi connectivity index (χ3v) is 4.29. The van der Waals surface area contributed by atoms with Gasteiger partial charge in [0.25, 0.3) is 0 Å². The fraction of sp³-hybridized carbons (Fsp3) is 0.929. The Morgan fingerprint density at radius 1 is 1.21 bits per heavy atom. The number of carbonyl (C=O) groups is 1. The largest absolute Gasteiger partial charge is 0.356 e. The fourth-order valence-corrected chi connectivity index (χ4v) is 2.99. The summed E-state index contributed by atoms with van der Waals surface area (Å²) in [5.74, 6) is -2.80. The minimum absolute atomic E-state index is 0.0358.